The molecule has 3 aromatic rings. The molecule has 2 fully saturated rings. The first-order valence-corrected chi connectivity index (χ1v) is 15.1. The molecule has 43 heavy (non-hydrogen) atoms. The van der Waals surface area contributed by atoms with E-state index in [2.05, 4.69) is 14.4 Å². The van der Waals surface area contributed by atoms with Crippen LogP contribution in [0.4, 0.5) is 0 Å². The summed E-state index contributed by atoms with van der Waals surface area (Å²) in [5.74, 6) is 0.542. The van der Waals surface area contributed by atoms with Gasteiger partial charge in [-0.15, -0.1) is 0 Å². The van der Waals surface area contributed by atoms with Crippen molar-refractivity contribution in [1.29, 1.82) is 0 Å². The number of hydrogen-bond acceptors (Lipinski definition) is 8. The lowest BCUT2D eigenvalue weighted by Crippen LogP contribution is -2.51. The second-order valence-corrected chi connectivity index (χ2v) is 11.4. The van der Waals surface area contributed by atoms with Crippen molar-refractivity contribution in [2.45, 2.75) is 32.6 Å². The van der Waals surface area contributed by atoms with Crippen LogP contribution in [0.3, 0.4) is 0 Å². The van der Waals surface area contributed by atoms with Crippen molar-refractivity contribution in [3.63, 3.8) is 0 Å². The molecule has 1 aromatic heterocycles. The third-order valence-corrected chi connectivity index (χ3v) is 8.65. The molecule has 10 nitrogen and oxygen atoms in total. The molecule has 0 saturated carbocycles. The Labute approximate surface area is 253 Å². The summed E-state index contributed by atoms with van der Waals surface area (Å²) in [4.78, 5) is 44.4. The SMILES string of the molecule is COc1ccc2c(c1)c(CC(=O)Oc1ccc(C(=O)OCCN3CCN(CC(=O)N4CCCCC4)CC3)cc1)c(C)n2C. The van der Waals surface area contributed by atoms with Gasteiger partial charge >= 0.3 is 11.9 Å². The van der Waals surface area contributed by atoms with Crippen LogP contribution < -0.4 is 9.47 Å². The molecular weight excluding hydrogens is 548 g/mol. The summed E-state index contributed by atoms with van der Waals surface area (Å²) in [6.45, 7) is 8.55. The molecule has 5 rings (SSSR count). The standard InChI is InChI=1S/C33H42N4O6/c1-24-28(29-21-27(41-3)11-12-30(29)34(24)2)22-32(39)43-26-9-7-25(8-10-26)33(40)42-20-19-35-15-17-36(18-16-35)23-31(38)37-13-5-4-6-14-37/h7-12,21H,4-6,13-20,22-23H2,1-3H3. The van der Waals surface area contributed by atoms with Gasteiger partial charge in [-0.05, 0) is 74.2 Å². The van der Waals surface area contributed by atoms with Crippen molar-refractivity contribution in [2.75, 3.05) is 66.1 Å². The fourth-order valence-electron chi connectivity index (χ4n) is 5.90. The molecule has 3 heterocycles. The molecule has 0 radical (unpaired) electrons. The zero-order valence-corrected chi connectivity index (χ0v) is 25.5. The number of fused-ring (bicyclic) bond motifs is 1. The highest BCUT2D eigenvalue weighted by Gasteiger charge is 2.23. The Balaban J connectivity index is 1.04. The van der Waals surface area contributed by atoms with E-state index in [0.717, 1.165) is 80.0 Å². The van der Waals surface area contributed by atoms with Crippen molar-refractivity contribution in [3.8, 4) is 11.5 Å². The molecule has 2 saturated heterocycles. The van der Waals surface area contributed by atoms with Gasteiger partial charge in [0.2, 0.25) is 5.91 Å². The van der Waals surface area contributed by atoms with E-state index in [1.165, 1.54) is 6.42 Å². The number of piperazine rings is 1. The maximum atomic E-state index is 12.8. The van der Waals surface area contributed by atoms with E-state index in [4.69, 9.17) is 14.2 Å². The van der Waals surface area contributed by atoms with Gasteiger partial charge in [0.25, 0.3) is 0 Å². The first-order valence-electron chi connectivity index (χ1n) is 15.1. The zero-order valence-electron chi connectivity index (χ0n) is 25.5. The normalized spacial score (nSPS) is 16.3. The van der Waals surface area contributed by atoms with Crippen LogP contribution >= 0.6 is 0 Å². The number of benzene rings is 2. The van der Waals surface area contributed by atoms with Crippen LogP contribution in [0.1, 0.15) is 40.9 Å². The molecule has 0 bridgehead atoms. The van der Waals surface area contributed by atoms with Crippen molar-refractivity contribution in [3.05, 3.63) is 59.3 Å². The Hall–Kier alpha value is -3.89. The van der Waals surface area contributed by atoms with Crippen LogP contribution in [0.25, 0.3) is 10.9 Å². The van der Waals surface area contributed by atoms with E-state index in [0.29, 0.717) is 24.4 Å². The van der Waals surface area contributed by atoms with Gasteiger partial charge in [-0.2, -0.15) is 0 Å². The van der Waals surface area contributed by atoms with Crippen molar-refractivity contribution < 1.29 is 28.6 Å². The van der Waals surface area contributed by atoms with Gasteiger partial charge in [0, 0.05) is 69.5 Å². The summed E-state index contributed by atoms with van der Waals surface area (Å²) in [6.07, 6.45) is 3.55. The number of ether oxygens (including phenoxy) is 3. The maximum Gasteiger partial charge on any atom is 0.338 e. The number of hydrogen-bond donors (Lipinski definition) is 0. The number of aryl methyl sites for hydroxylation is 1. The monoisotopic (exact) mass is 590 g/mol. The Morgan fingerprint density at radius 1 is 0.837 bits per heavy atom. The largest absolute Gasteiger partial charge is 0.497 e. The number of amides is 1. The van der Waals surface area contributed by atoms with Gasteiger partial charge in [0.15, 0.2) is 0 Å². The van der Waals surface area contributed by atoms with Crippen LogP contribution in [0.15, 0.2) is 42.5 Å². The quantitative estimate of drug-likeness (QED) is 0.262. The molecule has 0 atom stereocenters. The topological polar surface area (TPSA) is 93.5 Å². The Morgan fingerprint density at radius 2 is 1.51 bits per heavy atom. The van der Waals surface area contributed by atoms with Gasteiger partial charge in [0.05, 0.1) is 25.6 Å². The summed E-state index contributed by atoms with van der Waals surface area (Å²) in [5, 5.41) is 0.958. The number of methoxy groups -OCH3 is 1. The zero-order chi connectivity index (χ0) is 30.3. The number of rotatable bonds is 10. The van der Waals surface area contributed by atoms with Crippen molar-refractivity contribution >= 4 is 28.7 Å². The van der Waals surface area contributed by atoms with Crippen molar-refractivity contribution in [2.24, 2.45) is 7.05 Å². The second kappa shape index (κ2) is 14.1. The molecule has 0 N–H and O–H groups in total. The molecule has 2 aliphatic rings. The molecular formula is C33H42N4O6. The van der Waals surface area contributed by atoms with Crippen LogP contribution in [-0.4, -0.2) is 103 Å². The average molecular weight is 591 g/mol. The molecule has 2 aromatic carbocycles. The lowest BCUT2D eigenvalue weighted by atomic mass is 10.1. The number of esters is 2. The molecule has 1 amide bonds. The van der Waals surface area contributed by atoms with Crippen molar-refractivity contribution in [1.82, 2.24) is 19.3 Å². The average Bonchev–Trinajstić information content (AvgIpc) is 3.26. The van der Waals surface area contributed by atoms with Crippen LogP contribution in [0.2, 0.25) is 0 Å². The minimum absolute atomic E-state index is 0.114. The Kier molecular flexibility index (Phi) is 9.99. The minimum atomic E-state index is -0.413. The predicted octanol–water partition coefficient (Wildman–Crippen LogP) is 3.43. The predicted molar refractivity (Wildman–Crippen MR) is 164 cm³/mol. The van der Waals surface area contributed by atoms with E-state index < -0.39 is 5.97 Å². The number of aromatic nitrogens is 1. The van der Waals surface area contributed by atoms with Gasteiger partial charge in [-0.1, -0.05) is 0 Å². The highest BCUT2D eigenvalue weighted by molar-refractivity contribution is 5.91. The number of carbonyl (C=O) groups excluding carboxylic acids is 3. The van der Waals surface area contributed by atoms with E-state index in [1.807, 2.05) is 37.1 Å². The highest BCUT2D eigenvalue weighted by Crippen LogP contribution is 2.29. The van der Waals surface area contributed by atoms with E-state index in [-0.39, 0.29) is 24.9 Å². The van der Waals surface area contributed by atoms with Gasteiger partial charge < -0.3 is 23.7 Å². The lowest BCUT2D eigenvalue weighted by Gasteiger charge is -2.35. The molecule has 0 spiro atoms. The Morgan fingerprint density at radius 3 is 2.21 bits per heavy atom. The summed E-state index contributed by atoms with van der Waals surface area (Å²) >= 11 is 0. The minimum Gasteiger partial charge on any atom is -0.497 e. The smallest absolute Gasteiger partial charge is 0.338 e. The van der Waals surface area contributed by atoms with Gasteiger partial charge in [-0.3, -0.25) is 19.4 Å². The van der Waals surface area contributed by atoms with Crippen LogP contribution in [0.5, 0.6) is 11.5 Å². The third kappa shape index (κ3) is 7.55. The van der Waals surface area contributed by atoms with E-state index in [9.17, 15) is 14.4 Å². The molecule has 0 aliphatic carbocycles. The number of nitrogens with zero attached hydrogens (tertiary/aromatic N) is 4. The van der Waals surface area contributed by atoms with Gasteiger partial charge in [0.1, 0.15) is 18.1 Å². The fraction of sp³-hybridized carbons (Fsp3) is 0.485. The maximum absolute atomic E-state index is 12.8. The summed E-state index contributed by atoms with van der Waals surface area (Å²) in [5.41, 5.74) is 3.31. The molecule has 10 heteroatoms. The van der Waals surface area contributed by atoms with Crippen LogP contribution in [-0.2, 0) is 27.8 Å². The fourth-order valence-corrected chi connectivity index (χ4v) is 5.90. The van der Waals surface area contributed by atoms with Gasteiger partial charge in [-0.25, -0.2) is 4.79 Å². The van der Waals surface area contributed by atoms with E-state index >= 15 is 0 Å². The number of likely N-dealkylation sites (tertiary alicyclic amines) is 1. The molecule has 0 unspecified atom stereocenters. The molecule has 230 valence electrons. The number of carbonyl (C=O) groups is 3. The first-order chi connectivity index (χ1) is 20.8. The summed E-state index contributed by atoms with van der Waals surface area (Å²) in [7, 11) is 3.59. The lowest BCUT2D eigenvalue weighted by molar-refractivity contribution is -0.134. The Bertz CT molecular complexity index is 1440. The van der Waals surface area contributed by atoms with E-state index in [1.54, 1.807) is 31.4 Å². The second-order valence-electron chi connectivity index (χ2n) is 11.4. The van der Waals surface area contributed by atoms with Crippen LogP contribution in [0, 0.1) is 6.92 Å². The summed E-state index contributed by atoms with van der Waals surface area (Å²) in [6, 6.07) is 12.3. The summed E-state index contributed by atoms with van der Waals surface area (Å²) < 4.78 is 18.5. The number of piperidine rings is 1. The first kappa shape index (κ1) is 30.6. The molecule has 2 aliphatic heterocycles. The highest BCUT2D eigenvalue weighted by atomic mass is 16.5. The third-order valence-electron chi connectivity index (χ3n) is 8.65.